The van der Waals surface area contributed by atoms with E-state index < -0.39 is 11.7 Å². The van der Waals surface area contributed by atoms with Crippen LogP contribution in [-0.2, 0) is 4.74 Å². The number of hydrogen-bond acceptors (Lipinski definition) is 4. The molecule has 150 valence electrons. The largest absolute Gasteiger partial charge is 0.444 e. The average molecular weight is 393 g/mol. The van der Waals surface area contributed by atoms with Gasteiger partial charge in [0.1, 0.15) is 5.60 Å². The number of carbonyl (C=O) groups excluding carboxylic acids is 1. The molecule has 1 aromatic carbocycles. The standard InChI is InChI=1S/C20H32N4O2S/c1-20(2,3)26-19(25)24-17(15-9-6-5-7-10-15)13-22-18(21-4)23-16-11-8-12-27-14-16/h5-7,9-10,16-17H,8,11-14H2,1-4H3,(H,24,25)(H2,21,22,23). The number of hydrogen-bond donors (Lipinski definition) is 3. The van der Waals surface area contributed by atoms with Crippen molar-refractivity contribution in [3.63, 3.8) is 0 Å². The lowest BCUT2D eigenvalue weighted by atomic mass is 10.1. The van der Waals surface area contributed by atoms with Crippen LogP contribution in [0.3, 0.4) is 0 Å². The average Bonchev–Trinajstić information content (AvgIpc) is 2.64. The maximum Gasteiger partial charge on any atom is 0.408 e. The Morgan fingerprint density at radius 3 is 2.67 bits per heavy atom. The topological polar surface area (TPSA) is 74.8 Å². The SMILES string of the molecule is CN=C(NCC(NC(=O)OC(C)(C)C)c1ccccc1)NC1CCCSC1. The first-order chi connectivity index (χ1) is 12.9. The molecule has 1 aliphatic heterocycles. The number of amides is 1. The van der Waals surface area contributed by atoms with Crippen LogP contribution in [0, 0.1) is 0 Å². The van der Waals surface area contributed by atoms with Gasteiger partial charge in [-0.3, -0.25) is 4.99 Å². The minimum atomic E-state index is -0.533. The molecule has 2 atom stereocenters. The monoisotopic (exact) mass is 392 g/mol. The number of ether oxygens (including phenoxy) is 1. The fourth-order valence-corrected chi connectivity index (χ4v) is 3.90. The van der Waals surface area contributed by atoms with Crippen molar-refractivity contribution >= 4 is 23.8 Å². The summed E-state index contributed by atoms with van der Waals surface area (Å²) in [5.41, 5.74) is 0.481. The molecule has 3 N–H and O–H groups in total. The number of nitrogens with zero attached hydrogens (tertiary/aromatic N) is 1. The molecule has 1 fully saturated rings. The minimum absolute atomic E-state index is 0.222. The molecule has 2 rings (SSSR count). The maximum absolute atomic E-state index is 12.3. The van der Waals surface area contributed by atoms with Crippen molar-refractivity contribution in [1.29, 1.82) is 0 Å². The van der Waals surface area contributed by atoms with Gasteiger partial charge in [0.05, 0.1) is 6.04 Å². The van der Waals surface area contributed by atoms with Gasteiger partial charge in [-0.05, 0) is 44.9 Å². The molecule has 0 aliphatic carbocycles. The van der Waals surface area contributed by atoms with Gasteiger partial charge < -0.3 is 20.7 Å². The van der Waals surface area contributed by atoms with Crippen molar-refractivity contribution in [2.24, 2.45) is 4.99 Å². The first-order valence-electron chi connectivity index (χ1n) is 9.47. The van der Waals surface area contributed by atoms with Crippen LogP contribution < -0.4 is 16.0 Å². The zero-order valence-electron chi connectivity index (χ0n) is 16.7. The van der Waals surface area contributed by atoms with Crippen LogP contribution in [0.4, 0.5) is 4.79 Å². The van der Waals surface area contributed by atoms with Gasteiger partial charge in [-0.1, -0.05) is 30.3 Å². The van der Waals surface area contributed by atoms with E-state index in [9.17, 15) is 4.79 Å². The number of carbonyl (C=O) groups is 1. The van der Waals surface area contributed by atoms with Gasteiger partial charge >= 0.3 is 6.09 Å². The first-order valence-corrected chi connectivity index (χ1v) is 10.6. The van der Waals surface area contributed by atoms with E-state index in [0.717, 1.165) is 23.7 Å². The summed E-state index contributed by atoms with van der Waals surface area (Å²) in [5, 5.41) is 9.78. The van der Waals surface area contributed by atoms with Gasteiger partial charge in [-0.25, -0.2) is 4.79 Å². The van der Waals surface area contributed by atoms with E-state index in [4.69, 9.17) is 4.74 Å². The summed E-state index contributed by atoms with van der Waals surface area (Å²) in [7, 11) is 1.77. The highest BCUT2D eigenvalue weighted by molar-refractivity contribution is 7.99. The molecule has 0 radical (unpaired) electrons. The Morgan fingerprint density at radius 2 is 2.07 bits per heavy atom. The van der Waals surface area contributed by atoms with Crippen LogP contribution in [0.25, 0.3) is 0 Å². The number of nitrogens with one attached hydrogen (secondary N) is 3. The number of aliphatic imine (C=N–C) groups is 1. The van der Waals surface area contributed by atoms with Crippen LogP contribution >= 0.6 is 11.8 Å². The smallest absolute Gasteiger partial charge is 0.408 e. The van der Waals surface area contributed by atoms with Gasteiger partial charge in [0.25, 0.3) is 0 Å². The maximum atomic E-state index is 12.3. The zero-order chi connectivity index (χ0) is 19.7. The van der Waals surface area contributed by atoms with Crippen molar-refractivity contribution in [3.05, 3.63) is 35.9 Å². The quantitative estimate of drug-likeness (QED) is 0.529. The molecule has 7 heteroatoms. The van der Waals surface area contributed by atoms with Gasteiger partial charge in [-0.2, -0.15) is 11.8 Å². The molecule has 6 nitrogen and oxygen atoms in total. The Hall–Kier alpha value is -1.89. The Kier molecular flexibility index (Phi) is 8.28. The van der Waals surface area contributed by atoms with Gasteiger partial charge in [-0.15, -0.1) is 0 Å². The molecule has 0 spiro atoms. The lowest BCUT2D eigenvalue weighted by molar-refractivity contribution is 0.0504. The van der Waals surface area contributed by atoms with E-state index >= 15 is 0 Å². The molecule has 1 heterocycles. The number of guanidine groups is 1. The van der Waals surface area contributed by atoms with E-state index in [-0.39, 0.29) is 6.04 Å². The normalized spacial score (nSPS) is 19.1. The van der Waals surface area contributed by atoms with Crippen LogP contribution in [0.15, 0.2) is 35.3 Å². The van der Waals surface area contributed by atoms with E-state index in [1.807, 2.05) is 62.9 Å². The summed E-state index contributed by atoms with van der Waals surface area (Å²) < 4.78 is 5.42. The van der Waals surface area contributed by atoms with Gasteiger partial charge in [0, 0.05) is 25.4 Å². The number of alkyl carbamates (subject to hydrolysis) is 1. The van der Waals surface area contributed by atoms with Crippen LogP contribution in [0.1, 0.15) is 45.2 Å². The first kappa shape index (κ1) is 21.4. The fourth-order valence-electron chi connectivity index (χ4n) is 2.83. The minimum Gasteiger partial charge on any atom is -0.444 e. The molecule has 1 aromatic rings. The molecule has 2 unspecified atom stereocenters. The highest BCUT2D eigenvalue weighted by atomic mass is 32.2. The summed E-state index contributed by atoms with van der Waals surface area (Å²) in [6.07, 6.45) is 1.96. The Bertz CT molecular complexity index is 610. The second kappa shape index (κ2) is 10.4. The van der Waals surface area contributed by atoms with Crippen LogP contribution in [0.5, 0.6) is 0 Å². The third-order valence-electron chi connectivity index (χ3n) is 4.09. The lowest BCUT2D eigenvalue weighted by Crippen LogP contribution is -2.48. The molecule has 27 heavy (non-hydrogen) atoms. The summed E-state index contributed by atoms with van der Waals surface area (Å²) in [4.78, 5) is 16.6. The van der Waals surface area contributed by atoms with E-state index in [1.54, 1.807) is 7.05 Å². The second-order valence-electron chi connectivity index (χ2n) is 7.62. The van der Waals surface area contributed by atoms with Gasteiger partial charge in [0.15, 0.2) is 5.96 Å². The Morgan fingerprint density at radius 1 is 1.33 bits per heavy atom. The molecular formula is C20H32N4O2S. The molecule has 1 amide bonds. The number of benzene rings is 1. The number of rotatable bonds is 5. The zero-order valence-corrected chi connectivity index (χ0v) is 17.6. The summed E-state index contributed by atoms with van der Waals surface area (Å²) in [6, 6.07) is 10.1. The molecule has 1 aliphatic rings. The van der Waals surface area contributed by atoms with Crippen molar-refractivity contribution in [3.8, 4) is 0 Å². The van der Waals surface area contributed by atoms with E-state index in [2.05, 4.69) is 20.9 Å². The summed E-state index contributed by atoms with van der Waals surface area (Å²) in [6.45, 7) is 6.09. The van der Waals surface area contributed by atoms with E-state index in [0.29, 0.717) is 12.6 Å². The molecule has 1 saturated heterocycles. The van der Waals surface area contributed by atoms with Crippen molar-refractivity contribution in [2.75, 3.05) is 25.1 Å². The van der Waals surface area contributed by atoms with Crippen molar-refractivity contribution in [2.45, 2.75) is 51.3 Å². The molecule has 0 aromatic heterocycles. The van der Waals surface area contributed by atoms with Crippen LogP contribution in [-0.4, -0.2) is 48.8 Å². The van der Waals surface area contributed by atoms with E-state index in [1.165, 1.54) is 12.2 Å². The third kappa shape index (κ3) is 8.12. The number of thioether (sulfide) groups is 1. The highest BCUT2D eigenvalue weighted by Crippen LogP contribution is 2.17. The lowest BCUT2D eigenvalue weighted by Gasteiger charge is -2.27. The molecule has 0 bridgehead atoms. The van der Waals surface area contributed by atoms with Crippen molar-refractivity contribution in [1.82, 2.24) is 16.0 Å². The summed E-state index contributed by atoms with van der Waals surface area (Å²) in [5.74, 6) is 3.09. The molecular weight excluding hydrogens is 360 g/mol. The molecule has 0 saturated carbocycles. The summed E-state index contributed by atoms with van der Waals surface area (Å²) >= 11 is 1.97. The third-order valence-corrected chi connectivity index (χ3v) is 5.31. The Balaban J connectivity index is 1.97. The fraction of sp³-hybridized carbons (Fsp3) is 0.600. The Labute approximate surface area is 166 Å². The predicted octanol–water partition coefficient (Wildman–Crippen LogP) is 3.31. The highest BCUT2D eigenvalue weighted by Gasteiger charge is 2.21. The predicted molar refractivity (Wildman–Crippen MR) is 113 cm³/mol. The van der Waals surface area contributed by atoms with Crippen LogP contribution in [0.2, 0.25) is 0 Å². The second-order valence-corrected chi connectivity index (χ2v) is 8.77. The van der Waals surface area contributed by atoms with Gasteiger partial charge in [0.2, 0.25) is 0 Å². The van der Waals surface area contributed by atoms with Crippen molar-refractivity contribution < 1.29 is 9.53 Å².